The fourth-order valence-corrected chi connectivity index (χ4v) is 7.62. The number of hydrogen-bond acceptors (Lipinski definition) is 0. The van der Waals surface area contributed by atoms with Crippen molar-refractivity contribution >= 4 is 10.0 Å². The molecule has 0 N–H and O–H groups in total. The van der Waals surface area contributed by atoms with E-state index in [-0.39, 0.29) is 0 Å². The first-order valence-corrected chi connectivity index (χ1v) is 10.1. The highest BCUT2D eigenvalue weighted by molar-refractivity contribution is 8.36. The van der Waals surface area contributed by atoms with Crippen molar-refractivity contribution in [2.45, 2.75) is 55.1 Å². The summed E-state index contributed by atoms with van der Waals surface area (Å²) >= 11 is 0. The Morgan fingerprint density at radius 2 is 1.85 bits per heavy atom. The van der Waals surface area contributed by atoms with Gasteiger partial charge in [0.05, 0.1) is 0 Å². The maximum Gasteiger partial charge on any atom is -0.000149 e. The van der Waals surface area contributed by atoms with Gasteiger partial charge in [-0.25, -0.2) is 0 Å². The van der Waals surface area contributed by atoms with Gasteiger partial charge in [-0.2, -0.15) is 10.0 Å². The Hall–Kier alpha value is -0.950. The highest BCUT2D eigenvalue weighted by atomic mass is 32.3. The highest BCUT2D eigenvalue weighted by Crippen LogP contribution is 2.67. The maximum absolute atomic E-state index is 2.59. The van der Waals surface area contributed by atoms with E-state index in [1.165, 1.54) is 44.9 Å². The molecule has 0 nitrogen and oxygen atoms in total. The summed E-state index contributed by atoms with van der Waals surface area (Å²) in [5.74, 6) is 0. The van der Waals surface area contributed by atoms with E-state index < -0.39 is 10.0 Å². The van der Waals surface area contributed by atoms with Crippen LogP contribution in [0.1, 0.15) is 44.9 Å². The summed E-state index contributed by atoms with van der Waals surface area (Å²) in [6.07, 6.45) is 19.3. The van der Waals surface area contributed by atoms with Crippen molar-refractivity contribution in [1.82, 2.24) is 0 Å². The molecule has 2 unspecified atom stereocenters. The molecular weight excluding hydrogens is 260 g/mol. The van der Waals surface area contributed by atoms with Crippen molar-refractivity contribution < 1.29 is 0 Å². The average Bonchev–Trinajstić information content (AvgIpc) is 2.56. The van der Waals surface area contributed by atoms with E-state index in [9.17, 15) is 0 Å². The molecule has 0 amide bonds. The summed E-state index contributed by atoms with van der Waals surface area (Å²) in [6.45, 7) is 0. The van der Waals surface area contributed by atoms with Crippen LogP contribution in [-0.4, -0.2) is 11.5 Å². The van der Waals surface area contributed by atoms with Crippen molar-refractivity contribution in [2.75, 3.05) is 6.26 Å². The number of rotatable bonds is 3. The third-order valence-corrected chi connectivity index (χ3v) is 9.39. The Labute approximate surface area is 125 Å². The minimum atomic E-state index is -0.811. The molecule has 1 heteroatoms. The van der Waals surface area contributed by atoms with Crippen LogP contribution in [0.5, 0.6) is 0 Å². The summed E-state index contributed by atoms with van der Waals surface area (Å²) in [6, 6.07) is 11.4. The van der Waals surface area contributed by atoms with Crippen LogP contribution in [0.15, 0.2) is 58.4 Å². The van der Waals surface area contributed by atoms with Crippen molar-refractivity contribution in [3.8, 4) is 0 Å². The van der Waals surface area contributed by atoms with E-state index in [2.05, 4.69) is 54.8 Å². The lowest BCUT2D eigenvalue weighted by Crippen LogP contribution is -2.21. The first-order chi connectivity index (χ1) is 9.82. The van der Waals surface area contributed by atoms with Crippen LogP contribution in [0.4, 0.5) is 0 Å². The summed E-state index contributed by atoms with van der Waals surface area (Å²) < 4.78 is 0. The molecule has 0 aliphatic heterocycles. The zero-order valence-corrected chi connectivity index (χ0v) is 13.4. The molecule has 108 valence electrons. The summed E-state index contributed by atoms with van der Waals surface area (Å²) in [7, 11) is -0.811. The third kappa shape index (κ3) is 2.61. The van der Waals surface area contributed by atoms with Crippen LogP contribution in [0.25, 0.3) is 0 Å². The minimum Gasteiger partial charge on any atom is -0.191 e. The molecule has 0 saturated heterocycles. The highest BCUT2D eigenvalue weighted by Gasteiger charge is 2.34. The Morgan fingerprint density at radius 1 is 1.00 bits per heavy atom. The SMILES string of the molecule is CS(C1=CCCCC1)(c1ccccc1)C1CC=CCC1. The van der Waals surface area contributed by atoms with Gasteiger partial charge in [0.2, 0.25) is 0 Å². The molecule has 2 atom stereocenters. The van der Waals surface area contributed by atoms with Gasteiger partial charge in [-0.15, -0.1) is 0 Å². The van der Waals surface area contributed by atoms with Gasteiger partial charge in [0.1, 0.15) is 0 Å². The second-order valence-electron chi connectivity index (χ2n) is 6.12. The molecule has 2 aliphatic carbocycles. The summed E-state index contributed by atoms with van der Waals surface area (Å²) in [4.78, 5) is 3.39. The fourth-order valence-electron chi connectivity index (χ4n) is 3.65. The monoisotopic (exact) mass is 286 g/mol. The maximum atomic E-state index is 2.59. The lowest BCUT2D eigenvalue weighted by atomic mass is 10.1. The van der Waals surface area contributed by atoms with Gasteiger partial charge >= 0.3 is 0 Å². The normalized spacial score (nSPS) is 27.4. The quantitative estimate of drug-likeness (QED) is 0.594. The van der Waals surface area contributed by atoms with Gasteiger partial charge < -0.3 is 0 Å². The summed E-state index contributed by atoms with van der Waals surface area (Å²) in [5.41, 5.74) is 0. The lowest BCUT2D eigenvalue weighted by Gasteiger charge is -2.47. The smallest absolute Gasteiger partial charge is 0.000149 e. The minimum absolute atomic E-state index is 0.811. The molecule has 0 bridgehead atoms. The van der Waals surface area contributed by atoms with Crippen molar-refractivity contribution in [1.29, 1.82) is 0 Å². The molecular formula is C19H26S. The first kappa shape index (κ1) is 14.0. The molecule has 0 saturated carbocycles. The predicted octanol–water partition coefficient (Wildman–Crippen LogP) is 6.05. The van der Waals surface area contributed by atoms with E-state index >= 15 is 0 Å². The van der Waals surface area contributed by atoms with Crippen molar-refractivity contribution in [2.24, 2.45) is 0 Å². The molecule has 0 aromatic heterocycles. The number of benzene rings is 1. The zero-order chi connectivity index (χ0) is 13.8. The third-order valence-electron chi connectivity index (χ3n) is 4.91. The molecule has 20 heavy (non-hydrogen) atoms. The van der Waals surface area contributed by atoms with Crippen molar-refractivity contribution in [3.63, 3.8) is 0 Å². The van der Waals surface area contributed by atoms with Gasteiger partial charge in [-0.3, -0.25) is 0 Å². The Morgan fingerprint density at radius 3 is 2.50 bits per heavy atom. The Balaban J connectivity index is 2.02. The van der Waals surface area contributed by atoms with Crippen LogP contribution >= 0.6 is 10.0 Å². The fraction of sp³-hybridized carbons (Fsp3) is 0.474. The molecule has 1 aromatic carbocycles. The van der Waals surface area contributed by atoms with E-state index in [0.29, 0.717) is 0 Å². The standard InChI is InChI=1S/C19H26S/c1-20(17-11-5-2-6-12-17,18-13-7-3-8-14-18)19-15-9-4-10-16-19/h2-3,5-7,11-12,15,18H,4,8-10,13-14,16H2,1H3. The largest absolute Gasteiger partial charge is 0.191 e. The second-order valence-corrected chi connectivity index (χ2v) is 9.74. The van der Waals surface area contributed by atoms with Crippen LogP contribution in [0.2, 0.25) is 0 Å². The average molecular weight is 286 g/mol. The molecule has 0 fully saturated rings. The lowest BCUT2D eigenvalue weighted by molar-refractivity contribution is 0.709. The Bertz CT molecular complexity index is 500. The van der Waals surface area contributed by atoms with Crippen LogP contribution in [0.3, 0.4) is 0 Å². The molecule has 1 aromatic rings. The van der Waals surface area contributed by atoms with Crippen LogP contribution in [0, 0.1) is 0 Å². The van der Waals surface area contributed by atoms with E-state index in [1.807, 2.05) is 0 Å². The van der Waals surface area contributed by atoms with Gasteiger partial charge in [0.25, 0.3) is 0 Å². The molecule has 2 aliphatic rings. The molecule has 0 spiro atoms. The molecule has 0 heterocycles. The second kappa shape index (κ2) is 6.22. The van der Waals surface area contributed by atoms with Crippen molar-refractivity contribution in [3.05, 3.63) is 53.5 Å². The van der Waals surface area contributed by atoms with Crippen LogP contribution in [-0.2, 0) is 0 Å². The van der Waals surface area contributed by atoms with E-state index in [1.54, 1.807) is 9.80 Å². The number of allylic oxidation sites excluding steroid dienone is 4. The Kier molecular flexibility index (Phi) is 4.35. The molecule has 0 radical (unpaired) electrons. The zero-order valence-electron chi connectivity index (χ0n) is 12.6. The van der Waals surface area contributed by atoms with Crippen LogP contribution < -0.4 is 0 Å². The van der Waals surface area contributed by atoms with E-state index in [0.717, 1.165) is 5.25 Å². The number of hydrogen-bond donors (Lipinski definition) is 0. The van der Waals surface area contributed by atoms with Gasteiger partial charge in [0, 0.05) is 0 Å². The van der Waals surface area contributed by atoms with E-state index in [4.69, 9.17) is 0 Å². The van der Waals surface area contributed by atoms with Gasteiger partial charge in [-0.05, 0) is 78.4 Å². The first-order valence-electron chi connectivity index (χ1n) is 7.98. The topological polar surface area (TPSA) is 0 Å². The summed E-state index contributed by atoms with van der Waals surface area (Å²) in [5, 5.41) is 0.847. The molecule has 3 rings (SSSR count). The van der Waals surface area contributed by atoms with Gasteiger partial charge in [-0.1, -0.05) is 36.4 Å². The predicted molar refractivity (Wildman–Crippen MR) is 91.6 cm³/mol. The van der Waals surface area contributed by atoms with Gasteiger partial charge in [0.15, 0.2) is 0 Å².